The van der Waals surface area contributed by atoms with Gasteiger partial charge in [0.25, 0.3) is 0 Å². The highest BCUT2D eigenvalue weighted by atomic mass is 16.5. The van der Waals surface area contributed by atoms with Gasteiger partial charge in [-0.2, -0.15) is 0 Å². The molecule has 2 N–H and O–H groups in total. The van der Waals surface area contributed by atoms with Gasteiger partial charge in [0.15, 0.2) is 0 Å². The minimum absolute atomic E-state index is 0.567. The summed E-state index contributed by atoms with van der Waals surface area (Å²) in [6, 6.07) is 25.0. The number of nitrogens with zero attached hydrogens (tertiary/aromatic N) is 1. The first-order valence-corrected chi connectivity index (χ1v) is 9.46. The molecule has 0 radical (unpaired) electrons. The van der Waals surface area contributed by atoms with E-state index in [4.69, 9.17) is 15.2 Å². The van der Waals surface area contributed by atoms with Crippen LogP contribution in [0.25, 0.3) is 0 Å². The lowest BCUT2D eigenvalue weighted by Crippen LogP contribution is -2.22. The Labute approximate surface area is 167 Å². The molecule has 0 aliphatic carbocycles. The van der Waals surface area contributed by atoms with Crippen molar-refractivity contribution in [2.75, 3.05) is 14.2 Å². The van der Waals surface area contributed by atoms with E-state index < -0.39 is 0 Å². The molecule has 0 aromatic heterocycles. The molecule has 0 spiro atoms. The summed E-state index contributed by atoms with van der Waals surface area (Å²) in [6.45, 7) is 3.07. The van der Waals surface area contributed by atoms with Gasteiger partial charge in [0, 0.05) is 26.2 Å². The van der Waals surface area contributed by atoms with Gasteiger partial charge in [-0.25, -0.2) is 0 Å². The fourth-order valence-electron chi connectivity index (χ4n) is 3.26. The van der Waals surface area contributed by atoms with Crippen molar-refractivity contribution in [3.8, 4) is 11.5 Å². The van der Waals surface area contributed by atoms with Crippen molar-refractivity contribution < 1.29 is 9.47 Å². The molecular formula is C24H28N2O2. The molecule has 28 heavy (non-hydrogen) atoms. The van der Waals surface area contributed by atoms with E-state index in [-0.39, 0.29) is 0 Å². The van der Waals surface area contributed by atoms with Crippen LogP contribution in [0.4, 0.5) is 0 Å². The monoisotopic (exact) mass is 376 g/mol. The Balaban J connectivity index is 1.80. The fraction of sp³-hybridized carbons (Fsp3) is 0.250. The van der Waals surface area contributed by atoms with E-state index >= 15 is 0 Å². The first-order valence-electron chi connectivity index (χ1n) is 9.46. The highest BCUT2D eigenvalue weighted by molar-refractivity contribution is 5.30. The molecule has 0 saturated heterocycles. The average Bonchev–Trinajstić information content (AvgIpc) is 2.74. The topological polar surface area (TPSA) is 47.7 Å². The van der Waals surface area contributed by atoms with Crippen LogP contribution in [-0.4, -0.2) is 19.1 Å². The SMILES string of the molecule is COc1cccc(CN(Cc2ccc(CN)cc2)Cc2cccc(OC)c2)c1. The smallest absolute Gasteiger partial charge is 0.119 e. The lowest BCUT2D eigenvalue weighted by Gasteiger charge is -2.23. The third-order valence-electron chi connectivity index (χ3n) is 4.75. The summed E-state index contributed by atoms with van der Waals surface area (Å²) >= 11 is 0. The molecule has 4 nitrogen and oxygen atoms in total. The van der Waals surface area contributed by atoms with Crippen LogP contribution in [-0.2, 0) is 26.2 Å². The van der Waals surface area contributed by atoms with Crippen LogP contribution in [0.15, 0.2) is 72.8 Å². The molecule has 3 aromatic carbocycles. The highest BCUT2D eigenvalue weighted by Gasteiger charge is 2.10. The van der Waals surface area contributed by atoms with Gasteiger partial charge in [-0.05, 0) is 46.5 Å². The van der Waals surface area contributed by atoms with Gasteiger partial charge < -0.3 is 15.2 Å². The molecule has 0 heterocycles. The van der Waals surface area contributed by atoms with Gasteiger partial charge >= 0.3 is 0 Å². The van der Waals surface area contributed by atoms with Gasteiger partial charge in [0.2, 0.25) is 0 Å². The number of rotatable bonds is 9. The second-order valence-corrected chi connectivity index (χ2v) is 6.87. The number of nitrogens with two attached hydrogens (primary N) is 1. The molecule has 0 aliphatic rings. The molecule has 0 bridgehead atoms. The zero-order chi connectivity index (χ0) is 19.8. The molecule has 0 fully saturated rings. The molecule has 0 saturated carbocycles. The first-order chi connectivity index (χ1) is 13.7. The van der Waals surface area contributed by atoms with Gasteiger partial charge in [-0.1, -0.05) is 48.5 Å². The van der Waals surface area contributed by atoms with Gasteiger partial charge in [0.05, 0.1) is 14.2 Å². The number of benzene rings is 3. The Morgan fingerprint density at radius 1 is 0.643 bits per heavy atom. The van der Waals surface area contributed by atoms with Crippen LogP contribution in [0.1, 0.15) is 22.3 Å². The van der Waals surface area contributed by atoms with Crippen LogP contribution < -0.4 is 15.2 Å². The number of hydrogen-bond donors (Lipinski definition) is 1. The van der Waals surface area contributed by atoms with E-state index in [2.05, 4.69) is 53.4 Å². The van der Waals surface area contributed by atoms with E-state index in [1.807, 2.05) is 24.3 Å². The Morgan fingerprint density at radius 2 is 1.11 bits per heavy atom. The van der Waals surface area contributed by atoms with E-state index in [1.54, 1.807) is 14.2 Å². The van der Waals surface area contributed by atoms with Crippen molar-refractivity contribution in [2.24, 2.45) is 5.73 Å². The van der Waals surface area contributed by atoms with E-state index in [1.165, 1.54) is 16.7 Å². The minimum Gasteiger partial charge on any atom is -0.497 e. The number of methoxy groups -OCH3 is 2. The molecule has 3 rings (SSSR count). The van der Waals surface area contributed by atoms with Gasteiger partial charge in [-0.15, -0.1) is 0 Å². The van der Waals surface area contributed by atoms with Crippen molar-refractivity contribution in [1.82, 2.24) is 4.90 Å². The summed E-state index contributed by atoms with van der Waals surface area (Å²) in [5.41, 5.74) is 10.6. The van der Waals surface area contributed by atoms with Crippen molar-refractivity contribution in [2.45, 2.75) is 26.2 Å². The normalized spacial score (nSPS) is 10.9. The third-order valence-corrected chi connectivity index (χ3v) is 4.75. The Morgan fingerprint density at radius 3 is 1.57 bits per heavy atom. The van der Waals surface area contributed by atoms with Crippen LogP contribution in [0, 0.1) is 0 Å². The summed E-state index contributed by atoms with van der Waals surface area (Å²) in [4.78, 5) is 2.42. The molecule has 146 valence electrons. The summed E-state index contributed by atoms with van der Waals surface area (Å²) in [5, 5.41) is 0. The van der Waals surface area contributed by atoms with Gasteiger partial charge in [-0.3, -0.25) is 4.90 Å². The van der Waals surface area contributed by atoms with E-state index in [0.29, 0.717) is 6.54 Å². The molecule has 0 atom stereocenters. The van der Waals surface area contributed by atoms with Crippen LogP contribution >= 0.6 is 0 Å². The Hall–Kier alpha value is -2.82. The second-order valence-electron chi connectivity index (χ2n) is 6.87. The molecule has 3 aromatic rings. The molecular weight excluding hydrogens is 348 g/mol. The van der Waals surface area contributed by atoms with Crippen molar-refractivity contribution in [3.05, 3.63) is 95.1 Å². The fourth-order valence-corrected chi connectivity index (χ4v) is 3.26. The van der Waals surface area contributed by atoms with Crippen LogP contribution in [0.2, 0.25) is 0 Å². The van der Waals surface area contributed by atoms with Crippen molar-refractivity contribution >= 4 is 0 Å². The van der Waals surface area contributed by atoms with E-state index in [0.717, 1.165) is 36.7 Å². The minimum atomic E-state index is 0.567. The Kier molecular flexibility index (Phi) is 7.06. The Bertz CT molecular complexity index is 828. The second kappa shape index (κ2) is 9.93. The summed E-state index contributed by atoms with van der Waals surface area (Å²) in [7, 11) is 3.40. The molecule has 0 unspecified atom stereocenters. The largest absolute Gasteiger partial charge is 0.497 e. The zero-order valence-electron chi connectivity index (χ0n) is 16.6. The lowest BCUT2D eigenvalue weighted by atomic mass is 10.1. The number of hydrogen-bond acceptors (Lipinski definition) is 4. The first kappa shape index (κ1) is 19.9. The number of ether oxygens (including phenoxy) is 2. The lowest BCUT2D eigenvalue weighted by molar-refractivity contribution is 0.247. The standard InChI is InChI=1S/C24H28N2O2/c1-27-23-7-3-5-21(13-23)17-26(16-20-11-9-19(15-25)10-12-20)18-22-6-4-8-24(14-22)28-2/h3-14H,15-18,25H2,1-2H3. The third kappa shape index (κ3) is 5.59. The highest BCUT2D eigenvalue weighted by Crippen LogP contribution is 2.20. The molecule has 4 heteroatoms. The van der Waals surface area contributed by atoms with Crippen molar-refractivity contribution in [1.29, 1.82) is 0 Å². The van der Waals surface area contributed by atoms with Gasteiger partial charge in [0.1, 0.15) is 11.5 Å². The zero-order valence-corrected chi connectivity index (χ0v) is 16.6. The predicted octanol–water partition coefficient (Wildman–Crippen LogP) is 4.36. The van der Waals surface area contributed by atoms with Crippen LogP contribution in [0.3, 0.4) is 0 Å². The summed E-state index contributed by atoms with van der Waals surface area (Å²) < 4.78 is 10.8. The van der Waals surface area contributed by atoms with Crippen LogP contribution in [0.5, 0.6) is 11.5 Å². The predicted molar refractivity (Wildman–Crippen MR) is 113 cm³/mol. The maximum atomic E-state index is 5.73. The molecule has 0 aliphatic heterocycles. The quantitative estimate of drug-likeness (QED) is 0.603. The average molecular weight is 377 g/mol. The molecule has 0 amide bonds. The summed E-state index contributed by atoms with van der Waals surface area (Å²) in [5.74, 6) is 1.76. The van der Waals surface area contributed by atoms with Crippen molar-refractivity contribution in [3.63, 3.8) is 0 Å². The van der Waals surface area contributed by atoms with E-state index in [9.17, 15) is 0 Å². The maximum absolute atomic E-state index is 5.73. The maximum Gasteiger partial charge on any atom is 0.119 e. The summed E-state index contributed by atoms with van der Waals surface area (Å²) in [6.07, 6.45) is 0.